The maximum Gasteiger partial charge on any atom is 0.0721 e. The Labute approximate surface area is 92.9 Å². The second-order valence-electron chi connectivity index (χ2n) is 2.86. The van der Waals surface area contributed by atoms with E-state index in [-0.39, 0.29) is 0 Å². The van der Waals surface area contributed by atoms with Crippen LogP contribution < -0.4 is 0 Å². The molecule has 0 bridgehead atoms. The number of benzene rings is 1. The quantitative estimate of drug-likeness (QED) is 0.459. The maximum absolute atomic E-state index is 5.47. The van der Waals surface area contributed by atoms with Gasteiger partial charge in [0.2, 0.25) is 0 Å². The molecule has 1 aromatic carbocycles. The molecule has 13 heavy (non-hydrogen) atoms. The van der Waals surface area contributed by atoms with Gasteiger partial charge >= 0.3 is 0 Å². The molecule has 1 rings (SSSR count). The van der Waals surface area contributed by atoms with E-state index in [0.29, 0.717) is 13.2 Å². The summed E-state index contributed by atoms with van der Waals surface area (Å²) in [4.78, 5) is 0. The number of alkyl halides is 1. The first-order chi connectivity index (χ1) is 6.33. The summed E-state index contributed by atoms with van der Waals surface area (Å²) in [7, 11) is 0. The van der Waals surface area contributed by atoms with Gasteiger partial charge in [0.15, 0.2) is 0 Å². The fourth-order valence-electron chi connectivity index (χ4n) is 0.926. The zero-order valence-electron chi connectivity index (χ0n) is 7.50. The van der Waals surface area contributed by atoms with Crippen molar-refractivity contribution in [3.8, 4) is 0 Å². The smallest absolute Gasteiger partial charge is 0.0721 e. The Balaban J connectivity index is 2.24. The molecule has 0 fully saturated rings. The van der Waals surface area contributed by atoms with Gasteiger partial charge in [-0.15, -0.1) is 0 Å². The van der Waals surface area contributed by atoms with Crippen LogP contribution in [-0.4, -0.2) is 11.0 Å². The van der Waals surface area contributed by atoms with Crippen LogP contribution in [-0.2, 0) is 11.3 Å². The van der Waals surface area contributed by atoms with E-state index in [1.807, 2.05) is 18.2 Å². The second-order valence-corrected chi connectivity index (χ2v) is 3.62. The van der Waals surface area contributed by atoms with E-state index in [0.717, 1.165) is 10.0 Å². The standard InChI is InChI=1S/C11H13IO/c1-10(7-12)8-13-9-11-5-3-2-4-6-11/h2-6H,1,7-9H2. The SMILES string of the molecule is C=C(CI)COCc1ccccc1. The van der Waals surface area contributed by atoms with E-state index >= 15 is 0 Å². The van der Waals surface area contributed by atoms with Crippen molar-refractivity contribution in [2.45, 2.75) is 6.61 Å². The molecule has 0 aliphatic heterocycles. The van der Waals surface area contributed by atoms with E-state index in [4.69, 9.17) is 4.74 Å². The van der Waals surface area contributed by atoms with E-state index < -0.39 is 0 Å². The van der Waals surface area contributed by atoms with Crippen LogP contribution in [0.25, 0.3) is 0 Å². The summed E-state index contributed by atoms with van der Waals surface area (Å²) in [6.07, 6.45) is 0. The largest absolute Gasteiger partial charge is 0.372 e. The monoisotopic (exact) mass is 288 g/mol. The van der Waals surface area contributed by atoms with Gasteiger partial charge in [-0.05, 0) is 11.1 Å². The third-order valence-corrected chi connectivity index (χ3v) is 2.69. The summed E-state index contributed by atoms with van der Waals surface area (Å²) in [6, 6.07) is 10.2. The van der Waals surface area contributed by atoms with Gasteiger partial charge in [-0.1, -0.05) is 59.5 Å². The first kappa shape index (κ1) is 10.7. The Kier molecular flexibility index (Phi) is 5.08. The van der Waals surface area contributed by atoms with Crippen molar-refractivity contribution >= 4 is 22.6 Å². The third kappa shape index (κ3) is 4.43. The minimum absolute atomic E-state index is 0.665. The Hall–Kier alpha value is -0.350. The Bertz CT molecular complexity index is 256. The van der Waals surface area contributed by atoms with Crippen molar-refractivity contribution in [3.05, 3.63) is 48.0 Å². The molecule has 2 heteroatoms. The van der Waals surface area contributed by atoms with Crippen molar-refractivity contribution in [1.29, 1.82) is 0 Å². The molecule has 0 N–H and O–H groups in total. The average Bonchev–Trinajstić information content (AvgIpc) is 2.19. The summed E-state index contributed by atoms with van der Waals surface area (Å²) < 4.78 is 6.43. The van der Waals surface area contributed by atoms with Gasteiger partial charge < -0.3 is 4.74 Å². The highest BCUT2D eigenvalue weighted by molar-refractivity contribution is 14.1. The van der Waals surface area contributed by atoms with Gasteiger partial charge in [0.05, 0.1) is 13.2 Å². The average molecular weight is 288 g/mol. The normalized spacial score (nSPS) is 9.92. The van der Waals surface area contributed by atoms with E-state index in [9.17, 15) is 0 Å². The zero-order chi connectivity index (χ0) is 9.52. The molecule has 0 radical (unpaired) electrons. The summed E-state index contributed by atoms with van der Waals surface area (Å²) in [5.74, 6) is 0. The maximum atomic E-state index is 5.47. The highest BCUT2D eigenvalue weighted by Crippen LogP contribution is 2.03. The van der Waals surface area contributed by atoms with Crippen LogP contribution in [0.2, 0.25) is 0 Å². The molecule has 0 unspecified atom stereocenters. The van der Waals surface area contributed by atoms with Crippen molar-refractivity contribution in [2.24, 2.45) is 0 Å². The molecular weight excluding hydrogens is 275 g/mol. The van der Waals surface area contributed by atoms with Crippen LogP contribution in [0.3, 0.4) is 0 Å². The lowest BCUT2D eigenvalue weighted by molar-refractivity contribution is 0.143. The number of hydrogen-bond donors (Lipinski definition) is 0. The van der Waals surface area contributed by atoms with Crippen LogP contribution in [0.1, 0.15) is 5.56 Å². The Morgan fingerprint density at radius 3 is 2.62 bits per heavy atom. The van der Waals surface area contributed by atoms with E-state index in [1.165, 1.54) is 5.56 Å². The summed E-state index contributed by atoms with van der Waals surface area (Å²) >= 11 is 2.29. The third-order valence-electron chi connectivity index (χ3n) is 1.61. The minimum atomic E-state index is 0.665. The van der Waals surface area contributed by atoms with Gasteiger partial charge in [-0.25, -0.2) is 0 Å². The molecule has 0 heterocycles. The molecule has 0 aliphatic carbocycles. The van der Waals surface area contributed by atoms with Gasteiger partial charge in [0.1, 0.15) is 0 Å². The van der Waals surface area contributed by atoms with Crippen molar-refractivity contribution < 1.29 is 4.74 Å². The van der Waals surface area contributed by atoms with Crippen LogP contribution in [0.4, 0.5) is 0 Å². The minimum Gasteiger partial charge on any atom is -0.372 e. The van der Waals surface area contributed by atoms with Crippen molar-refractivity contribution in [3.63, 3.8) is 0 Å². The molecule has 1 aromatic rings. The topological polar surface area (TPSA) is 9.23 Å². The molecule has 0 atom stereocenters. The molecule has 1 nitrogen and oxygen atoms in total. The molecule has 70 valence electrons. The number of rotatable bonds is 5. The fourth-order valence-corrected chi connectivity index (χ4v) is 1.15. The van der Waals surface area contributed by atoms with Crippen LogP contribution in [0.15, 0.2) is 42.5 Å². The fraction of sp³-hybridized carbons (Fsp3) is 0.273. The lowest BCUT2D eigenvalue weighted by Gasteiger charge is -2.04. The van der Waals surface area contributed by atoms with Gasteiger partial charge in [0, 0.05) is 4.43 Å². The molecule has 0 spiro atoms. The molecule has 0 aromatic heterocycles. The lowest BCUT2D eigenvalue weighted by atomic mass is 10.2. The van der Waals surface area contributed by atoms with Gasteiger partial charge in [-0.3, -0.25) is 0 Å². The first-order valence-electron chi connectivity index (χ1n) is 4.17. The van der Waals surface area contributed by atoms with Crippen LogP contribution in [0.5, 0.6) is 0 Å². The predicted molar refractivity (Wildman–Crippen MR) is 64.1 cm³/mol. The van der Waals surface area contributed by atoms with E-state index in [2.05, 4.69) is 41.3 Å². The Morgan fingerprint density at radius 1 is 1.31 bits per heavy atom. The molecule has 0 amide bonds. The number of ether oxygens (including phenoxy) is 1. The zero-order valence-corrected chi connectivity index (χ0v) is 9.66. The first-order valence-corrected chi connectivity index (χ1v) is 5.70. The van der Waals surface area contributed by atoms with Crippen molar-refractivity contribution in [1.82, 2.24) is 0 Å². The second kappa shape index (κ2) is 6.16. The highest BCUT2D eigenvalue weighted by atomic mass is 127. The predicted octanol–water partition coefficient (Wildman–Crippen LogP) is 3.19. The van der Waals surface area contributed by atoms with Gasteiger partial charge in [-0.2, -0.15) is 0 Å². The van der Waals surface area contributed by atoms with Crippen molar-refractivity contribution in [2.75, 3.05) is 11.0 Å². The molecule has 0 saturated heterocycles. The van der Waals surface area contributed by atoms with Gasteiger partial charge in [0.25, 0.3) is 0 Å². The van der Waals surface area contributed by atoms with Crippen LogP contribution >= 0.6 is 22.6 Å². The van der Waals surface area contributed by atoms with Crippen LogP contribution in [0, 0.1) is 0 Å². The van der Waals surface area contributed by atoms with E-state index in [1.54, 1.807) is 0 Å². The summed E-state index contributed by atoms with van der Waals surface area (Å²) in [5.41, 5.74) is 2.35. The lowest BCUT2D eigenvalue weighted by Crippen LogP contribution is -1.98. The Morgan fingerprint density at radius 2 is 2.00 bits per heavy atom. The highest BCUT2D eigenvalue weighted by Gasteiger charge is 1.93. The summed E-state index contributed by atoms with van der Waals surface area (Å²) in [6.45, 7) is 5.21. The summed E-state index contributed by atoms with van der Waals surface area (Å²) in [5, 5.41) is 0. The molecule has 0 saturated carbocycles. The molecule has 0 aliphatic rings. The number of hydrogen-bond acceptors (Lipinski definition) is 1. The molecular formula is C11H13IO. The number of halogens is 1.